The molecule has 0 saturated carbocycles. The van der Waals surface area contributed by atoms with Gasteiger partial charge in [0, 0.05) is 24.8 Å². The summed E-state index contributed by atoms with van der Waals surface area (Å²) in [6.07, 6.45) is 0. The lowest BCUT2D eigenvalue weighted by Gasteiger charge is -2.24. The lowest BCUT2D eigenvalue weighted by molar-refractivity contribution is 0.474. The summed E-state index contributed by atoms with van der Waals surface area (Å²) in [4.78, 5) is 7.10. The maximum Gasteiger partial charge on any atom is 0.106 e. The molecule has 0 saturated heterocycles. The van der Waals surface area contributed by atoms with Crippen LogP contribution in [0, 0.1) is 0 Å². The molecule has 104 valence electrons. The van der Waals surface area contributed by atoms with Crippen LogP contribution in [0.2, 0.25) is 0 Å². The first-order chi connectivity index (χ1) is 9.81. The number of thiol groups is 1. The van der Waals surface area contributed by atoms with Gasteiger partial charge in [0.25, 0.3) is 0 Å². The molecule has 2 aromatic carbocycles. The second kappa shape index (κ2) is 5.88. The second-order valence-electron chi connectivity index (χ2n) is 5.24. The molecule has 1 aliphatic rings. The predicted molar refractivity (Wildman–Crippen MR) is 90.1 cm³/mol. The summed E-state index contributed by atoms with van der Waals surface area (Å²) in [5.74, 6) is 2.43. The highest BCUT2D eigenvalue weighted by Crippen LogP contribution is 2.28. The van der Waals surface area contributed by atoms with E-state index in [0.29, 0.717) is 5.92 Å². The van der Waals surface area contributed by atoms with E-state index in [4.69, 9.17) is 4.99 Å². The quantitative estimate of drug-likeness (QED) is 0.848. The van der Waals surface area contributed by atoms with Crippen LogP contribution < -0.4 is 0 Å². The van der Waals surface area contributed by atoms with Gasteiger partial charge in [-0.3, -0.25) is 4.99 Å². The summed E-state index contributed by atoms with van der Waals surface area (Å²) in [7, 11) is 0. The number of nitrogens with zero attached hydrogens (tertiary/aromatic N) is 2. The zero-order valence-electron chi connectivity index (χ0n) is 11.8. The minimum absolute atomic E-state index is 0.337. The van der Waals surface area contributed by atoms with Crippen LogP contribution in [0.25, 0.3) is 10.8 Å². The maximum absolute atomic E-state index is 4.73. The smallest absolute Gasteiger partial charge is 0.106 e. The Morgan fingerprint density at radius 2 is 2.00 bits per heavy atom. The SMILES string of the molecule is CC(C1=NCCN1CCS)c1cccc2ccccc12. The van der Waals surface area contributed by atoms with Gasteiger partial charge in [0.1, 0.15) is 5.84 Å². The van der Waals surface area contributed by atoms with Gasteiger partial charge in [0.05, 0.1) is 6.54 Å². The van der Waals surface area contributed by atoms with Gasteiger partial charge in [-0.1, -0.05) is 49.4 Å². The largest absolute Gasteiger partial charge is 0.357 e. The molecule has 0 radical (unpaired) electrons. The standard InChI is InChI=1S/C17H20N2S/c1-13(17-18-9-10-19(17)11-12-20)15-8-4-6-14-5-2-3-7-16(14)15/h2-8,13,20H,9-12H2,1H3. The van der Waals surface area contributed by atoms with Crippen LogP contribution in [-0.2, 0) is 0 Å². The Labute approximate surface area is 125 Å². The van der Waals surface area contributed by atoms with Crippen molar-refractivity contribution in [2.75, 3.05) is 25.4 Å². The summed E-state index contributed by atoms with van der Waals surface area (Å²) in [5.41, 5.74) is 1.37. The first kappa shape index (κ1) is 13.5. The van der Waals surface area contributed by atoms with Crippen LogP contribution >= 0.6 is 12.6 Å². The first-order valence-corrected chi connectivity index (χ1v) is 7.82. The molecule has 0 aromatic heterocycles. The van der Waals surface area contributed by atoms with Crippen molar-refractivity contribution in [3.63, 3.8) is 0 Å². The third-order valence-corrected chi connectivity index (χ3v) is 4.21. The topological polar surface area (TPSA) is 15.6 Å². The number of aliphatic imine (C=N–C) groups is 1. The first-order valence-electron chi connectivity index (χ1n) is 7.19. The highest BCUT2D eigenvalue weighted by molar-refractivity contribution is 7.80. The minimum Gasteiger partial charge on any atom is -0.357 e. The number of fused-ring (bicyclic) bond motifs is 1. The van der Waals surface area contributed by atoms with Crippen molar-refractivity contribution in [2.45, 2.75) is 12.8 Å². The van der Waals surface area contributed by atoms with Gasteiger partial charge >= 0.3 is 0 Å². The van der Waals surface area contributed by atoms with Crippen molar-refractivity contribution in [1.82, 2.24) is 4.90 Å². The Kier molecular flexibility index (Phi) is 3.97. The molecule has 2 aromatic rings. The minimum atomic E-state index is 0.337. The van der Waals surface area contributed by atoms with Gasteiger partial charge in [-0.05, 0) is 16.3 Å². The molecule has 1 unspecified atom stereocenters. The fourth-order valence-corrected chi connectivity index (χ4v) is 3.27. The highest BCUT2D eigenvalue weighted by atomic mass is 32.1. The number of amidine groups is 1. The molecule has 0 aliphatic carbocycles. The molecule has 0 amide bonds. The molecule has 0 N–H and O–H groups in total. The van der Waals surface area contributed by atoms with Crippen LogP contribution in [0.4, 0.5) is 0 Å². The van der Waals surface area contributed by atoms with Crippen molar-refractivity contribution >= 4 is 29.2 Å². The van der Waals surface area contributed by atoms with Crippen molar-refractivity contribution in [1.29, 1.82) is 0 Å². The summed E-state index contributed by atoms with van der Waals surface area (Å²) in [6.45, 7) is 5.19. The molecule has 0 bridgehead atoms. The normalized spacial score (nSPS) is 16.5. The van der Waals surface area contributed by atoms with Crippen molar-refractivity contribution < 1.29 is 0 Å². The third kappa shape index (κ3) is 2.42. The van der Waals surface area contributed by atoms with Crippen molar-refractivity contribution in [2.24, 2.45) is 4.99 Å². The molecule has 3 rings (SSSR count). The fourth-order valence-electron chi connectivity index (χ4n) is 3.02. The molecule has 1 atom stereocenters. The van der Waals surface area contributed by atoms with E-state index in [1.807, 2.05) is 0 Å². The van der Waals surface area contributed by atoms with Gasteiger partial charge in [0.15, 0.2) is 0 Å². The Morgan fingerprint density at radius 3 is 2.85 bits per heavy atom. The number of benzene rings is 2. The van der Waals surface area contributed by atoms with Gasteiger partial charge in [0.2, 0.25) is 0 Å². The summed E-state index contributed by atoms with van der Waals surface area (Å²) in [6, 6.07) is 15.1. The molecule has 0 spiro atoms. The monoisotopic (exact) mass is 284 g/mol. The van der Waals surface area contributed by atoms with Crippen LogP contribution in [0.3, 0.4) is 0 Å². The van der Waals surface area contributed by atoms with E-state index < -0.39 is 0 Å². The number of hydrogen-bond acceptors (Lipinski definition) is 3. The van der Waals surface area contributed by atoms with Gasteiger partial charge in [-0.2, -0.15) is 12.6 Å². The second-order valence-corrected chi connectivity index (χ2v) is 5.69. The van der Waals surface area contributed by atoms with E-state index in [9.17, 15) is 0 Å². The van der Waals surface area contributed by atoms with Crippen molar-refractivity contribution in [3.8, 4) is 0 Å². The molecule has 0 fully saturated rings. The average Bonchev–Trinajstić information content (AvgIpc) is 2.94. The van der Waals surface area contributed by atoms with Crippen molar-refractivity contribution in [3.05, 3.63) is 48.0 Å². The van der Waals surface area contributed by atoms with Crippen LogP contribution in [0.5, 0.6) is 0 Å². The molecule has 20 heavy (non-hydrogen) atoms. The zero-order chi connectivity index (χ0) is 13.9. The molecule has 2 nitrogen and oxygen atoms in total. The van der Waals surface area contributed by atoms with E-state index >= 15 is 0 Å². The summed E-state index contributed by atoms with van der Waals surface area (Å²) >= 11 is 4.35. The van der Waals surface area contributed by atoms with Gasteiger partial charge in [-0.15, -0.1) is 0 Å². The summed E-state index contributed by atoms with van der Waals surface area (Å²) < 4.78 is 0. The number of hydrogen-bond donors (Lipinski definition) is 1. The lowest BCUT2D eigenvalue weighted by atomic mass is 9.93. The van der Waals surface area contributed by atoms with Crippen LogP contribution in [0.15, 0.2) is 47.5 Å². The zero-order valence-corrected chi connectivity index (χ0v) is 12.7. The molecule has 1 heterocycles. The van der Waals surface area contributed by atoms with Crippen LogP contribution in [-0.4, -0.2) is 36.1 Å². The van der Waals surface area contributed by atoms with E-state index in [2.05, 4.69) is 66.9 Å². The van der Waals surface area contributed by atoms with Crippen LogP contribution in [0.1, 0.15) is 18.4 Å². The van der Waals surface area contributed by atoms with Gasteiger partial charge < -0.3 is 4.90 Å². The van der Waals surface area contributed by atoms with E-state index in [-0.39, 0.29) is 0 Å². The molecule has 1 aliphatic heterocycles. The summed E-state index contributed by atoms with van der Waals surface area (Å²) in [5, 5.41) is 2.64. The Bertz CT molecular complexity index is 630. The maximum atomic E-state index is 4.73. The lowest BCUT2D eigenvalue weighted by Crippen LogP contribution is -2.32. The van der Waals surface area contributed by atoms with E-state index in [1.54, 1.807) is 0 Å². The molecular formula is C17H20N2S. The van der Waals surface area contributed by atoms with E-state index in [0.717, 1.165) is 25.4 Å². The van der Waals surface area contributed by atoms with E-state index in [1.165, 1.54) is 22.2 Å². The Balaban J connectivity index is 1.98. The average molecular weight is 284 g/mol. The Morgan fingerprint density at radius 1 is 1.20 bits per heavy atom. The Hall–Kier alpha value is -1.48. The molecule has 3 heteroatoms. The fraction of sp³-hybridized carbons (Fsp3) is 0.353. The predicted octanol–water partition coefficient (Wildman–Crippen LogP) is 3.59. The van der Waals surface area contributed by atoms with Gasteiger partial charge in [-0.25, -0.2) is 0 Å². The number of rotatable bonds is 4. The third-order valence-electron chi connectivity index (χ3n) is 4.01. The highest BCUT2D eigenvalue weighted by Gasteiger charge is 2.23. The molecular weight excluding hydrogens is 264 g/mol.